The van der Waals surface area contributed by atoms with Crippen molar-refractivity contribution >= 4 is 43.6 Å². The number of para-hydroxylation sites is 2. The summed E-state index contributed by atoms with van der Waals surface area (Å²) < 4.78 is 4.87. The quantitative estimate of drug-likeness (QED) is 0.178. The van der Waals surface area contributed by atoms with Crippen LogP contribution in [0.2, 0.25) is 0 Å². The third-order valence-corrected chi connectivity index (χ3v) is 10.1. The summed E-state index contributed by atoms with van der Waals surface area (Å²) in [5.41, 5.74) is 14.4. The molecule has 0 aliphatic rings. The van der Waals surface area contributed by atoms with Gasteiger partial charge in [-0.25, -0.2) is 0 Å². The van der Waals surface area contributed by atoms with E-state index in [9.17, 15) is 0 Å². The molecule has 0 saturated heterocycles. The molecule has 0 saturated carbocycles. The summed E-state index contributed by atoms with van der Waals surface area (Å²) in [7, 11) is 0. The molecule has 0 unspecified atom stereocenters. The molecule has 10 aromatic rings. The maximum absolute atomic E-state index is 2.44. The second-order valence-corrected chi connectivity index (χ2v) is 13.0. The van der Waals surface area contributed by atoms with E-state index in [1.807, 2.05) is 0 Å². The summed E-state index contributed by atoms with van der Waals surface area (Å²) in [6, 6.07) is 70.4. The van der Waals surface area contributed by atoms with Gasteiger partial charge in [0.1, 0.15) is 0 Å². The summed E-state index contributed by atoms with van der Waals surface area (Å²) in [5, 5.41) is 5.01. The van der Waals surface area contributed by atoms with Crippen LogP contribution in [0.1, 0.15) is 0 Å². The number of rotatable bonds is 5. The first kappa shape index (κ1) is 28.4. The number of hydrogen-bond donors (Lipinski definition) is 0. The molecule has 0 bridgehead atoms. The number of benzene rings is 8. The van der Waals surface area contributed by atoms with Gasteiger partial charge >= 0.3 is 0 Å². The Morgan fingerprint density at radius 1 is 0.260 bits per heavy atom. The number of hydrogen-bond acceptors (Lipinski definition) is 0. The minimum Gasteiger partial charge on any atom is -0.309 e. The van der Waals surface area contributed by atoms with Crippen molar-refractivity contribution in [2.75, 3.05) is 0 Å². The highest BCUT2D eigenvalue weighted by molar-refractivity contribution is 6.16. The minimum absolute atomic E-state index is 1.15. The molecule has 2 nitrogen and oxygen atoms in total. The lowest BCUT2D eigenvalue weighted by Gasteiger charge is -2.14. The SMILES string of the molecule is c1ccc(-c2cc(-c3ccccc3)cc(-n3c4ccccc4c4cc(-n5c6ccccc6c6c(-c7ccccc7)cccc65)ccc43)c2)cc1. The predicted octanol–water partition coefficient (Wildman–Crippen LogP) is 12.9. The zero-order valence-corrected chi connectivity index (χ0v) is 27.4. The molecule has 0 aliphatic heterocycles. The molecular formula is C48H32N2. The van der Waals surface area contributed by atoms with Crippen LogP contribution >= 0.6 is 0 Å². The van der Waals surface area contributed by atoms with Crippen LogP contribution in [0.15, 0.2) is 194 Å². The number of nitrogens with zero attached hydrogens (tertiary/aromatic N) is 2. The van der Waals surface area contributed by atoms with Crippen LogP contribution in [0.5, 0.6) is 0 Å². The largest absolute Gasteiger partial charge is 0.309 e. The van der Waals surface area contributed by atoms with E-state index < -0.39 is 0 Å². The van der Waals surface area contributed by atoms with E-state index in [-0.39, 0.29) is 0 Å². The Balaban J connectivity index is 1.23. The van der Waals surface area contributed by atoms with Crippen molar-refractivity contribution in [3.63, 3.8) is 0 Å². The summed E-state index contributed by atoms with van der Waals surface area (Å²) in [4.78, 5) is 0. The highest BCUT2D eigenvalue weighted by atomic mass is 15.0. The lowest BCUT2D eigenvalue weighted by molar-refractivity contribution is 1.17. The van der Waals surface area contributed by atoms with Gasteiger partial charge in [-0.2, -0.15) is 0 Å². The zero-order chi connectivity index (χ0) is 33.0. The molecule has 8 aromatic carbocycles. The Morgan fingerprint density at radius 3 is 1.42 bits per heavy atom. The molecule has 0 aliphatic carbocycles. The maximum Gasteiger partial charge on any atom is 0.0547 e. The zero-order valence-electron chi connectivity index (χ0n) is 27.4. The van der Waals surface area contributed by atoms with Crippen molar-refractivity contribution in [2.45, 2.75) is 0 Å². The smallest absolute Gasteiger partial charge is 0.0547 e. The molecule has 0 fully saturated rings. The van der Waals surface area contributed by atoms with E-state index in [1.165, 1.54) is 77.0 Å². The molecule has 2 heteroatoms. The standard InChI is InChI=1S/C48H32N2/c1-4-15-33(16-5-1)36-29-37(34-17-6-2-7-18-34)31-39(30-36)50-44-24-12-10-21-41(44)43-32-38(27-28-46(43)50)49-45-25-13-11-22-42(45)48-40(23-14-26-47(48)49)35-19-8-3-9-20-35/h1-32H. The van der Waals surface area contributed by atoms with Crippen molar-refractivity contribution in [2.24, 2.45) is 0 Å². The van der Waals surface area contributed by atoms with E-state index in [1.54, 1.807) is 0 Å². The van der Waals surface area contributed by atoms with Gasteiger partial charge in [-0.3, -0.25) is 0 Å². The average Bonchev–Trinajstić information content (AvgIpc) is 3.71. The van der Waals surface area contributed by atoms with Gasteiger partial charge in [0.05, 0.1) is 22.1 Å². The maximum atomic E-state index is 2.44. The van der Waals surface area contributed by atoms with Crippen LogP contribution in [-0.4, -0.2) is 9.13 Å². The second-order valence-electron chi connectivity index (χ2n) is 13.0. The molecule has 2 heterocycles. The van der Waals surface area contributed by atoms with E-state index >= 15 is 0 Å². The van der Waals surface area contributed by atoms with Crippen molar-refractivity contribution in [3.8, 4) is 44.8 Å². The molecule has 234 valence electrons. The Bertz CT molecular complexity index is 2780. The van der Waals surface area contributed by atoms with E-state index in [2.05, 4.69) is 203 Å². The van der Waals surface area contributed by atoms with Crippen LogP contribution < -0.4 is 0 Å². The van der Waals surface area contributed by atoms with E-state index in [0.717, 1.165) is 11.4 Å². The van der Waals surface area contributed by atoms with Crippen LogP contribution in [0, 0.1) is 0 Å². The molecule has 0 radical (unpaired) electrons. The average molecular weight is 637 g/mol. The van der Waals surface area contributed by atoms with Gasteiger partial charge in [0.2, 0.25) is 0 Å². The topological polar surface area (TPSA) is 9.86 Å². The van der Waals surface area contributed by atoms with Crippen molar-refractivity contribution in [3.05, 3.63) is 194 Å². The molecule has 0 amide bonds. The van der Waals surface area contributed by atoms with Crippen LogP contribution in [0.25, 0.3) is 88.4 Å². The normalized spacial score (nSPS) is 11.6. The number of fused-ring (bicyclic) bond motifs is 6. The molecule has 10 rings (SSSR count). The molecule has 0 atom stereocenters. The first-order chi connectivity index (χ1) is 24.8. The number of aromatic nitrogens is 2. The van der Waals surface area contributed by atoms with E-state index in [0.29, 0.717) is 0 Å². The Labute approximate surface area is 290 Å². The van der Waals surface area contributed by atoms with Crippen LogP contribution in [0.3, 0.4) is 0 Å². The molecule has 50 heavy (non-hydrogen) atoms. The Hall–Kier alpha value is -6.64. The van der Waals surface area contributed by atoms with Gasteiger partial charge in [0.15, 0.2) is 0 Å². The van der Waals surface area contributed by atoms with Gasteiger partial charge < -0.3 is 9.13 Å². The molecule has 0 spiro atoms. The predicted molar refractivity (Wildman–Crippen MR) is 211 cm³/mol. The van der Waals surface area contributed by atoms with Gasteiger partial charge in [0, 0.05) is 32.9 Å². The minimum atomic E-state index is 1.15. The van der Waals surface area contributed by atoms with E-state index in [4.69, 9.17) is 0 Å². The van der Waals surface area contributed by atoms with Gasteiger partial charge in [-0.1, -0.05) is 140 Å². The summed E-state index contributed by atoms with van der Waals surface area (Å²) in [6.45, 7) is 0. The highest BCUT2D eigenvalue weighted by Crippen LogP contribution is 2.41. The third-order valence-electron chi connectivity index (χ3n) is 10.1. The molecule has 0 N–H and O–H groups in total. The fourth-order valence-electron chi connectivity index (χ4n) is 7.87. The van der Waals surface area contributed by atoms with Crippen LogP contribution in [-0.2, 0) is 0 Å². The lowest BCUT2D eigenvalue weighted by atomic mass is 9.98. The highest BCUT2D eigenvalue weighted by Gasteiger charge is 2.19. The Morgan fingerprint density at radius 2 is 0.760 bits per heavy atom. The lowest BCUT2D eigenvalue weighted by Crippen LogP contribution is -1.97. The first-order valence-electron chi connectivity index (χ1n) is 17.2. The second kappa shape index (κ2) is 11.5. The fraction of sp³-hybridized carbons (Fsp3) is 0. The van der Waals surface area contributed by atoms with Gasteiger partial charge in [-0.05, 0) is 88.0 Å². The fourth-order valence-corrected chi connectivity index (χ4v) is 7.87. The van der Waals surface area contributed by atoms with Gasteiger partial charge in [0.25, 0.3) is 0 Å². The third kappa shape index (κ3) is 4.50. The van der Waals surface area contributed by atoms with Gasteiger partial charge in [-0.15, -0.1) is 0 Å². The molecule has 2 aromatic heterocycles. The van der Waals surface area contributed by atoms with Crippen molar-refractivity contribution < 1.29 is 0 Å². The Kier molecular flexibility index (Phi) is 6.53. The summed E-state index contributed by atoms with van der Waals surface area (Å²) >= 11 is 0. The summed E-state index contributed by atoms with van der Waals surface area (Å²) in [6.07, 6.45) is 0. The monoisotopic (exact) mass is 636 g/mol. The van der Waals surface area contributed by atoms with Crippen molar-refractivity contribution in [1.82, 2.24) is 9.13 Å². The summed E-state index contributed by atoms with van der Waals surface area (Å²) in [5.74, 6) is 0. The van der Waals surface area contributed by atoms with Crippen LogP contribution in [0.4, 0.5) is 0 Å². The van der Waals surface area contributed by atoms with Crippen molar-refractivity contribution in [1.29, 1.82) is 0 Å². The molecular weight excluding hydrogens is 605 g/mol. The first-order valence-corrected chi connectivity index (χ1v) is 17.2.